The first-order valence-electron chi connectivity index (χ1n) is 8.94. The summed E-state index contributed by atoms with van der Waals surface area (Å²) in [4.78, 5) is 29.1. The first-order valence-corrected chi connectivity index (χ1v) is 9.76. The second-order valence-corrected chi connectivity index (χ2v) is 7.07. The van der Waals surface area contributed by atoms with Gasteiger partial charge < -0.3 is 10.1 Å². The van der Waals surface area contributed by atoms with Crippen LogP contribution in [0.1, 0.15) is 6.92 Å². The van der Waals surface area contributed by atoms with Gasteiger partial charge in [0.15, 0.2) is 5.13 Å². The van der Waals surface area contributed by atoms with Crippen LogP contribution < -0.4 is 15.4 Å². The summed E-state index contributed by atoms with van der Waals surface area (Å²) in [5.74, 6) is 0. The van der Waals surface area contributed by atoms with Crippen LogP contribution in [0.15, 0.2) is 49.1 Å². The number of pyridine rings is 1. The molecule has 0 spiro atoms. The third-order valence-corrected chi connectivity index (χ3v) is 5.18. The molecule has 4 aromatic rings. The molecule has 4 rings (SSSR count). The number of benzene rings is 1. The highest BCUT2D eigenvalue weighted by molar-refractivity contribution is 7.22. The number of carbonyl (C=O) groups excluding carboxylic acids is 1. The molecule has 3 heterocycles. The number of carbonyl (C=O) groups is 1. The van der Waals surface area contributed by atoms with E-state index in [1.54, 1.807) is 24.8 Å². The number of nitrogens with one attached hydrogen (secondary N) is 2. The molecule has 0 saturated heterocycles. The van der Waals surface area contributed by atoms with E-state index in [4.69, 9.17) is 4.74 Å². The SMILES string of the molecule is CCNC(=O)Nc1nc2cc(-c3cnc(OC)nc3)cc(-c3cccnc3)c2s1. The summed E-state index contributed by atoms with van der Waals surface area (Å²) in [5.41, 5.74) is 4.46. The van der Waals surface area contributed by atoms with Gasteiger partial charge >= 0.3 is 12.0 Å². The summed E-state index contributed by atoms with van der Waals surface area (Å²) >= 11 is 1.42. The number of anilines is 1. The molecule has 2 N–H and O–H groups in total. The Labute approximate surface area is 171 Å². The largest absolute Gasteiger partial charge is 0.467 e. The Kier molecular flexibility index (Phi) is 5.30. The predicted molar refractivity (Wildman–Crippen MR) is 113 cm³/mol. The van der Waals surface area contributed by atoms with Gasteiger partial charge in [0.1, 0.15) is 0 Å². The number of urea groups is 1. The zero-order valence-electron chi connectivity index (χ0n) is 15.8. The maximum Gasteiger partial charge on any atom is 0.321 e. The van der Waals surface area contributed by atoms with Crippen molar-refractivity contribution < 1.29 is 9.53 Å². The molecule has 0 bridgehead atoms. The first-order chi connectivity index (χ1) is 14.2. The Hall–Kier alpha value is -3.59. The molecule has 8 nitrogen and oxygen atoms in total. The molecule has 2 amide bonds. The quantitative estimate of drug-likeness (QED) is 0.520. The number of aromatic nitrogens is 4. The van der Waals surface area contributed by atoms with Crippen LogP contribution in [-0.2, 0) is 0 Å². The summed E-state index contributed by atoms with van der Waals surface area (Å²) in [6.45, 7) is 2.40. The molecular weight excluding hydrogens is 388 g/mol. The number of thiazole rings is 1. The van der Waals surface area contributed by atoms with E-state index in [0.717, 1.165) is 32.5 Å². The van der Waals surface area contributed by atoms with Crippen molar-refractivity contribution >= 4 is 32.7 Å². The lowest BCUT2D eigenvalue weighted by Crippen LogP contribution is -2.28. The van der Waals surface area contributed by atoms with Crippen LogP contribution in [0, 0.1) is 0 Å². The number of rotatable bonds is 5. The van der Waals surface area contributed by atoms with E-state index in [9.17, 15) is 4.79 Å². The molecular formula is C20H18N6O2S. The lowest BCUT2D eigenvalue weighted by Gasteiger charge is -2.07. The number of hydrogen-bond acceptors (Lipinski definition) is 7. The van der Waals surface area contributed by atoms with E-state index < -0.39 is 0 Å². The molecule has 0 saturated carbocycles. The molecule has 1 aromatic carbocycles. The smallest absolute Gasteiger partial charge is 0.321 e. The van der Waals surface area contributed by atoms with E-state index in [2.05, 4.69) is 36.6 Å². The predicted octanol–water partition coefficient (Wildman–Crippen LogP) is 3.97. The van der Waals surface area contributed by atoms with E-state index in [0.29, 0.717) is 17.7 Å². The zero-order valence-corrected chi connectivity index (χ0v) is 16.7. The first kappa shape index (κ1) is 18.8. The van der Waals surface area contributed by atoms with Gasteiger partial charge in [0.05, 0.1) is 17.3 Å². The molecule has 0 fully saturated rings. The fraction of sp³-hybridized carbons (Fsp3) is 0.150. The molecule has 0 aliphatic heterocycles. The summed E-state index contributed by atoms with van der Waals surface area (Å²) in [5, 5.41) is 6.02. The van der Waals surface area contributed by atoms with Crippen molar-refractivity contribution in [1.82, 2.24) is 25.3 Å². The minimum Gasteiger partial charge on any atom is -0.467 e. The summed E-state index contributed by atoms with van der Waals surface area (Å²) in [6.07, 6.45) is 6.96. The highest BCUT2D eigenvalue weighted by Gasteiger charge is 2.15. The molecule has 0 atom stereocenters. The van der Waals surface area contributed by atoms with Gasteiger partial charge in [-0.15, -0.1) is 0 Å². The van der Waals surface area contributed by atoms with Crippen LogP contribution >= 0.6 is 11.3 Å². The number of nitrogens with zero attached hydrogens (tertiary/aromatic N) is 4. The van der Waals surface area contributed by atoms with Gasteiger partial charge in [-0.05, 0) is 30.7 Å². The highest BCUT2D eigenvalue weighted by atomic mass is 32.1. The lowest BCUT2D eigenvalue weighted by molar-refractivity contribution is 0.252. The Bertz CT molecular complexity index is 1150. The Balaban J connectivity index is 1.84. The van der Waals surface area contributed by atoms with Gasteiger partial charge in [-0.1, -0.05) is 17.4 Å². The van der Waals surface area contributed by atoms with Gasteiger partial charge in [-0.2, -0.15) is 0 Å². The van der Waals surface area contributed by atoms with Crippen molar-refractivity contribution in [2.24, 2.45) is 0 Å². The Morgan fingerprint density at radius 3 is 2.66 bits per heavy atom. The molecule has 3 aromatic heterocycles. The Morgan fingerprint density at radius 2 is 1.97 bits per heavy atom. The summed E-state index contributed by atoms with van der Waals surface area (Å²) in [6, 6.07) is 7.92. The van der Waals surface area contributed by atoms with E-state index in [1.807, 2.05) is 25.1 Å². The standard InChI is InChI=1S/C20H18N6O2S/c1-3-22-18(27)26-20-25-16-8-13(14-10-23-19(28-2)24-11-14)7-15(17(16)29-20)12-5-4-6-21-9-12/h4-11H,3H2,1-2H3,(H2,22,25,26,27). The zero-order chi connectivity index (χ0) is 20.2. The number of methoxy groups -OCH3 is 1. The summed E-state index contributed by atoms with van der Waals surface area (Å²) in [7, 11) is 1.53. The van der Waals surface area contributed by atoms with Crippen LogP contribution in [0.4, 0.5) is 9.93 Å². The van der Waals surface area contributed by atoms with Gasteiger partial charge in [-0.25, -0.2) is 19.7 Å². The van der Waals surface area contributed by atoms with Crippen LogP contribution in [0.3, 0.4) is 0 Å². The average Bonchev–Trinajstić information content (AvgIpc) is 3.16. The van der Waals surface area contributed by atoms with Crippen LogP contribution in [-0.4, -0.2) is 39.6 Å². The molecule has 0 aliphatic carbocycles. The molecule has 0 radical (unpaired) electrons. The molecule has 0 unspecified atom stereocenters. The number of ether oxygens (including phenoxy) is 1. The molecule has 9 heteroatoms. The van der Waals surface area contributed by atoms with E-state index in [1.165, 1.54) is 18.4 Å². The number of hydrogen-bond donors (Lipinski definition) is 2. The lowest BCUT2D eigenvalue weighted by atomic mass is 10.0. The second kappa shape index (κ2) is 8.19. The van der Waals surface area contributed by atoms with Crippen LogP contribution in [0.2, 0.25) is 0 Å². The molecule has 29 heavy (non-hydrogen) atoms. The maximum atomic E-state index is 11.9. The van der Waals surface area contributed by atoms with Crippen molar-refractivity contribution in [3.63, 3.8) is 0 Å². The summed E-state index contributed by atoms with van der Waals surface area (Å²) < 4.78 is 6.00. The van der Waals surface area contributed by atoms with E-state index in [-0.39, 0.29) is 6.03 Å². The molecule has 146 valence electrons. The topological polar surface area (TPSA) is 102 Å². The van der Waals surface area contributed by atoms with Crippen LogP contribution in [0.25, 0.3) is 32.5 Å². The second-order valence-electron chi connectivity index (χ2n) is 6.08. The average molecular weight is 406 g/mol. The fourth-order valence-electron chi connectivity index (χ4n) is 2.86. The van der Waals surface area contributed by atoms with Crippen molar-refractivity contribution in [3.05, 3.63) is 49.1 Å². The molecule has 0 aliphatic rings. The monoisotopic (exact) mass is 406 g/mol. The van der Waals surface area contributed by atoms with Crippen molar-refractivity contribution in [3.8, 4) is 28.3 Å². The normalized spacial score (nSPS) is 10.7. The third-order valence-electron chi connectivity index (χ3n) is 4.16. The van der Waals surface area contributed by atoms with Gasteiger partial charge in [0, 0.05) is 48.0 Å². The highest BCUT2D eigenvalue weighted by Crippen LogP contribution is 2.38. The Morgan fingerprint density at radius 1 is 1.14 bits per heavy atom. The van der Waals surface area contributed by atoms with Crippen LogP contribution in [0.5, 0.6) is 6.01 Å². The number of amides is 2. The van der Waals surface area contributed by atoms with Crippen molar-refractivity contribution in [1.29, 1.82) is 0 Å². The van der Waals surface area contributed by atoms with Gasteiger partial charge in [0.2, 0.25) is 0 Å². The maximum absolute atomic E-state index is 11.9. The fourth-order valence-corrected chi connectivity index (χ4v) is 3.84. The number of fused-ring (bicyclic) bond motifs is 1. The third kappa shape index (κ3) is 3.99. The van der Waals surface area contributed by atoms with Gasteiger partial charge in [0.25, 0.3) is 0 Å². The van der Waals surface area contributed by atoms with E-state index >= 15 is 0 Å². The minimum atomic E-state index is -0.279. The van der Waals surface area contributed by atoms with Crippen molar-refractivity contribution in [2.45, 2.75) is 6.92 Å². The van der Waals surface area contributed by atoms with Gasteiger partial charge in [-0.3, -0.25) is 10.3 Å². The van der Waals surface area contributed by atoms with Crippen molar-refractivity contribution in [2.75, 3.05) is 19.0 Å². The minimum absolute atomic E-state index is 0.279.